The minimum atomic E-state index is -2.02. The molecule has 5 unspecified atom stereocenters. The highest BCUT2D eigenvalue weighted by molar-refractivity contribution is 5.91. The van der Waals surface area contributed by atoms with Crippen molar-refractivity contribution in [3.05, 3.63) is 40.6 Å². The van der Waals surface area contributed by atoms with Crippen LogP contribution < -0.4 is 14.9 Å². The van der Waals surface area contributed by atoms with Crippen LogP contribution in [-0.2, 0) is 9.53 Å². The molecule has 2 heterocycles. The summed E-state index contributed by atoms with van der Waals surface area (Å²) in [5.41, 5.74) is -0.756. The topological polar surface area (TPSA) is 217 Å². The van der Waals surface area contributed by atoms with Crippen molar-refractivity contribution < 1.29 is 59.2 Å². The van der Waals surface area contributed by atoms with Crippen molar-refractivity contribution in [2.24, 2.45) is 0 Å². The molecule has 1 aromatic heterocycles. The number of carbonyl (C=O) groups excluding carboxylic acids is 1. The lowest BCUT2D eigenvalue weighted by Crippen LogP contribution is -2.60. The SMILES string of the molecule is COc1cc(-c2cc(=O)c3c(O)c(O)c(OC(=O)C4OC(O)C(O)C(O)C4O)cc3o2)ccc1O. The Kier molecular flexibility index (Phi) is 6.27. The molecule has 7 N–H and O–H groups in total. The highest BCUT2D eigenvalue weighted by Gasteiger charge is 2.47. The van der Waals surface area contributed by atoms with Crippen LogP contribution in [0.25, 0.3) is 22.3 Å². The summed E-state index contributed by atoms with van der Waals surface area (Å²) >= 11 is 0. The van der Waals surface area contributed by atoms with Crippen molar-refractivity contribution in [3.63, 3.8) is 0 Å². The number of methoxy groups -OCH3 is 1. The molecule has 186 valence electrons. The number of fused-ring (bicyclic) bond motifs is 1. The maximum atomic E-state index is 12.6. The van der Waals surface area contributed by atoms with Crippen LogP contribution in [0.3, 0.4) is 0 Å². The lowest BCUT2D eigenvalue weighted by atomic mass is 9.99. The van der Waals surface area contributed by atoms with Gasteiger partial charge in [-0.05, 0) is 18.2 Å². The Morgan fingerprint density at radius 3 is 2.31 bits per heavy atom. The Balaban J connectivity index is 1.74. The molecule has 2 aromatic carbocycles. The second-order valence-electron chi connectivity index (χ2n) is 7.65. The zero-order valence-electron chi connectivity index (χ0n) is 17.9. The first-order chi connectivity index (χ1) is 16.5. The van der Waals surface area contributed by atoms with Crippen LogP contribution >= 0.6 is 0 Å². The van der Waals surface area contributed by atoms with Crippen LogP contribution in [0.15, 0.2) is 39.5 Å². The van der Waals surface area contributed by atoms with E-state index in [1.807, 2.05) is 0 Å². The van der Waals surface area contributed by atoms with Gasteiger partial charge in [-0.3, -0.25) is 4.79 Å². The van der Waals surface area contributed by atoms with Gasteiger partial charge in [0.1, 0.15) is 35.0 Å². The second kappa shape index (κ2) is 9.05. The minimum Gasteiger partial charge on any atom is -0.504 e. The van der Waals surface area contributed by atoms with E-state index in [1.54, 1.807) is 0 Å². The van der Waals surface area contributed by atoms with Gasteiger partial charge in [-0.15, -0.1) is 0 Å². The van der Waals surface area contributed by atoms with Gasteiger partial charge >= 0.3 is 5.97 Å². The Bertz CT molecular complexity index is 1350. The van der Waals surface area contributed by atoms with E-state index in [0.717, 1.165) is 12.1 Å². The van der Waals surface area contributed by atoms with Gasteiger partial charge in [-0.1, -0.05) is 0 Å². The summed E-state index contributed by atoms with van der Waals surface area (Å²) in [6.07, 6.45) is -9.82. The second-order valence-corrected chi connectivity index (χ2v) is 7.65. The van der Waals surface area contributed by atoms with E-state index < -0.39 is 64.7 Å². The number of aliphatic hydroxyl groups is 4. The Labute approximate surface area is 195 Å². The maximum absolute atomic E-state index is 12.6. The largest absolute Gasteiger partial charge is 0.504 e. The van der Waals surface area contributed by atoms with Gasteiger partial charge in [0.25, 0.3) is 0 Å². The number of phenols is 3. The summed E-state index contributed by atoms with van der Waals surface area (Å²) < 4.78 is 20.4. The van der Waals surface area contributed by atoms with E-state index in [1.165, 1.54) is 25.3 Å². The van der Waals surface area contributed by atoms with Crippen molar-refractivity contribution in [3.8, 4) is 40.1 Å². The third-order valence-corrected chi connectivity index (χ3v) is 5.43. The monoisotopic (exact) mass is 492 g/mol. The average Bonchev–Trinajstić information content (AvgIpc) is 2.83. The minimum absolute atomic E-state index is 0.0190. The number of rotatable bonds is 4. The number of aliphatic hydroxyl groups excluding tert-OH is 4. The number of benzene rings is 2. The predicted molar refractivity (Wildman–Crippen MR) is 114 cm³/mol. The molecular formula is C22H20O13. The standard InChI is InChI=1S/C22H20O13/c1-32-11-4-7(2-3-8(11)23)10-5-9(24)14-12(33-10)6-13(15(25)16(14)26)34-22(31)20-18(28)17(27)19(29)21(30)35-20/h2-6,17-21,23,25-30H,1H3. The molecule has 1 aliphatic rings. The zero-order chi connectivity index (χ0) is 25.6. The van der Waals surface area contributed by atoms with Crippen LogP contribution in [0, 0.1) is 0 Å². The van der Waals surface area contributed by atoms with Gasteiger partial charge in [0.15, 0.2) is 40.8 Å². The molecule has 3 aromatic rings. The van der Waals surface area contributed by atoms with Crippen LogP contribution in [0.1, 0.15) is 0 Å². The first kappa shape index (κ1) is 24.3. The fourth-order valence-electron chi connectivity index (χ4n) is 3.54. The molecular weight excluding hydrogens is 472 g/mol. The Hall–Kier alpha value is -3.88. The Morgan fingerprint density at radius 1 is 0.914 bits per heavy atom. The van der Waals surface area contributed by atoms with Crippen molar-refractivity contribution in [2.75, 3.05) is 7.11 Å². The number of hydrogen-bond donors (Lipinski definition) is 7. The fraction of sp³-hybridized carbons (Fsp3) is 0.273. The molecule has 35 heavy (non-hydrogen) atoms. The zero-order valence-corrected chi connectivity index (χ0v) is 17.9. The van der Waals surface area contributed by atoms with Gasteiger partial charge in [0.2, 0.25) is 5.75 Å². The third-order valence-electron chi connectivity index (χ3n) is 5.43. The lowest BCUT2D eigenvalue weighted by Gasteiger charge is -2.36. The van der Waals surface area contributed by atoms with Crippen LogP contribution in [-0.4, -0.2) is 79.5 Å². The van der Waals surface area contributed by atoms with Crippen molar-refractivity contribution in [1.82, 2.24) is 0 Å². The van der Waals surface area contributed by atoms with E-state index in [4.69, 9.17) is 18.6 Å². The molecule has 1 fully saturated rings. The van der Waals surface area contributed by atoms with Crippen LogP contribution in [0.5, 0.6) is 28.7 Å². The van der Waals surface area contributed by atoms with Gasteiger partial charge < -0.3 is 54.4 Å². The van der Waals surface area contributed by atoms with Crippen molar-refractivity contribution in [2.45, 2.75) is 30.7 Å². The van der Waals surface area contributed by atoms with E-state index >= 15 is 0 Å². The van der Waals surface area contributed by atoms with Gasteiger partial charge in [0, 0.05) is 17.7 Å². The number of hydrogen-bond acceptors (Lipinski definition) is 13. The van der Waals surface area contributed by atoms with Gasteiger partial charge in [0.05, 0.1) is 7.11 Å². The van der Waals surface area contributed by atoms with E-state index in [0.29, 0.717) is 5.56 Å². The fourth-order valence-corrected chi connectivity index (χ4v) is 3.54. The number of carbonyl (C=O) groups is 1. The molecule has 13 nitrogen and oxygen atoms in total. The number of ether oxygens (including phenoxy) is 3. The quantitative estimate of drug-likeness (QED) is 0.136. The lowest BCUT2D eigenvalue weighted by molar-refractivity contribution is -0.279. The maximum Gasteiger partial charge on any atom is 0.343 e. The molecule has 0 amide bonds. The smallest absolute Gasteiger partial charge is 0.343 e. The molecule has 0 bridgehead atoms. The molecule has 1 saturated heterocycles. The number of esters is 1. The Morgan fingerprint density at radius 2 is 1.63 bits per heavy atom. The molecule has 0 spiro atoms. The van der Waals surface area contributed by atoms with E-state index in [9.17, 15) is 45.3 Å². The summed E-state index contributed by atoms with van der Waals surface area (Å²) in [7, 11) is 1.32. The molecule has 13 heteroatoms. The first-order valence-corrected chi connectivity index (χ1v) is 10.0. The summed E-state index contributed by atoms with van der Waals surface area (Å²) in [6, 6.07) is 6.06. The molecule has 0 radical (unpaired) electrons. The van der Waals surface area contributed by atoms with Crippen molar-refractivity contribution >= 4 is 16.9 Å². The van der Waals surface area contributed by atoms with Crippen LogP contribution in [0.4, 0.5) is 0 Å². The third kappa shape index (κ3) is 4.22. The predicted octanol–water partition coefficient (Wildman–Crippen LogP) is -0.709. The number of aromatic hydroxyl groups is 3. The van der Waals surface area contributed by atoms with Gasteiger partial charge in [-0.2, -0.15) is 0 Å². The summed E-state index contributed by atoms with van der Waals surface area (Å²) in [6.45, 7) is 0. The van der Waals surface area contributed by atoms with E-state index in [-0.39, 0.29) is 22.8 Å². The van der Waals surface area contributed by atoms with Crippen LogP contribution in [0.2, 0.25) is 0 Å². The summed E-state index contributed by atoms with van der Waals surface area (Å²) in [5, 5.41) is 68.8. The molecule has 0 saturated carbocycles. The number of phenolic OH excluding ortho intramolecular Hbond substituents is 3. The normalized spacial score (nSPS) is 24.3. The van der Waals surface area contributed by atoms with Gasteiger partial charge in [-0.25, -0.2) is 4.79 Å². The van der Waals surface area contributed by atoms with E-state index in [2.05, 4.69) is 0 Å². The average molecular weight is 492 g/mol. The molecule has 5 atom stereocenters. The highest BCUT2D eigenvalue weighted by Crippen LogP contribution is 2.42. The molecule has 4 rings (SSSR count). The highest BCUT2D eigenvalue weighted by atomic mass is 16.7. The summed E-state index contributed by atoms with van der Waals surface area (Å²) in [4.78, 5) is 25.1. The molecule has 0 aliphatic carbocycles. The first-order valence-electron chi connectivity index (χ1n) is 10.0. The molecule has 1 aliphatic heterocycles. The van der Waals surface area contributed by atoms with Crippen molar-refractivity contribution in [1.29, 1.82) is 0 Å². The summed E-state index contributed by atoms with van der Waals surface area (Å²) in [5.74, 6) is -4.17.